The molecule has 0 saturated heterocycles. The standard InChI is InChI=1S/C14H17ClN4O2S/c1-21-6-5-16-9-12(20)17-14-19-18-13(22-14)8-10-3-2-4-11(15)7-10/h2-4,7,16H,5-6,8-9H2,1H3,(H,17,19,20). The monoisotopic (exact) mass is 340 g/mol. The maximum atomic E-state index is 11.7. The Morgan fingerprint density at radius 2 is 2.27 bits per heavy atom. The average molecular weight is 341 g/mol. The maximum Gasteiger partial charge on any atom is 0.240 e. The first-order chi connectivity index (χ1) is 10.7. The summed E-state index contributed by atoms with van der Waals surface area (Å²) >= 11 is 7.31. The van der Waals surface area contributed by atoms with Gasteiger partial charge in [0.15, 0.2) is 0 Å². The number of rotatable bonds is 8. The van der Waals surface area contributed by atoms with Crippen LogP contribution in [0.4, 0.5) is 5.13 Å². The van der Waals surface area contributed by atoms with Gasteiger partial charge in [0.05, 0.1) is 13.2 Å². The van der Waals surface area contributed by atoms with Gasteiger partial charge in [-0.15, -0.1) is 10.2 Å². The molecule has 0 atom stereocenters. The Labute approximate surface area is 137 Å². The van der Waals surface area contributed by atoms with E-state index in [1.807, 2.05) is 24.3 Å². The number of ether oxygens (including phenoxy) is 1. The molecule has 6 nitrogen and oxygen atoms in total. The van der Waals surface area contributed by atoms with Crippen LogP contribution < -0.4 is 10.6 Å². The Morgan fingerprint density at radius 1 is 1.41 bits per heavy atom. The molecular weight excluding hydrogens is 324 g/mol. The molecule has 22 heavy (non-hydrogen) atoms. The van der Waals surface area contributed by atoms with Gasteiger partial charge in [-0.05, 0) is 17.7 Å². The molecule has 8 heteroatoms. The number of hydrogen-bond acceptors (Lipinski definition) is 6. The SMILES string of the molecule is COCCNCC(=O)Nc1nnc(Cc2cccc(Cl)c2)s1. The quantitative estimate of drug-likeness (QED) is 0.718. The molecule has 2 N–H and O–H groups in total. The Bertz CT molecular complexity index is 620. The van der Waals surface area contributed by atoms with Crippen LogP contribution in [0, 0.1) is 0 Å². The lowest BCUT2D eigenvalue weighted by Crippen LogP contribution is -2.30. The highest BCUT2D eigenvalue weighted by Gasteiger charge is 2.08. The van der Waals surface area contributed by atoms with Crippen molar-refractivity contribution in [3.05, 3.63) is 39.9 Å². The van der Waals surface area contributed by atoms with Crippen molar-refractivity contribution in [3.63, 3.8) is 0 Å². The highest BCUT2D eigenvalue weighted by atomic mass is 35.5. The van der Waals surface area contributed by atoms with Crippen LogP contribution in [-0.2, 0) is 16.0 Å². The molecule has 1 aromatic carbocycles. The fraction of sp³-hybridized carbons (Fsp3) is 0.357. The molecule has 0 saturated carbocycles. The van der Waals surface area contributed by atoms with E-state index in [-0.39, 0.29) is 12.5 Å². The van der Waals surface area contributed by atoms with Crippen molar-refractivity contribution in [2.45, 2.75) is 6.42 Å². The van der Waals surface area contributed by atoms with Crippen molar-refractivity contribution >= 4 is 34.0 Å². The van der Waals surface area contributed by atoms with Gasteiger partial charge in [0.1, 0.15) is 5.01 Å². The van der Waals surface area contributed by atoms with Crippen molar-refractivity contribution in [1.29, 1.82) is 0 Å². The van der Waals surface area contributed by atoms with Crippen LogP contribution in [0.1, 0.15) is 10.6 Å². The molecule has 0 radical (unpaired) electrons. The first kappa shape index (κ1) is 16.8. The number of amides is 1. The predicted octanol–water partition coefficient (Wildman–Crippen LogP) is 1.96. The van der Waals surface area contributed by atoms with Gasteiger partial charge in [-0.1, -0.05) is 35.1 Å². The lowest BCUT2D eigenvalue weighted by molar-refractivity contribution is -0.115. The van der Waals surface area contributed by atoms with E-state index in [1.165, 1.54) is 11.3 Å². The largest absolute Gasteiger partial charge is 0.383 e. The molecule has 2 rings (SSSR count). The summed E-state index contributed by atoms with van der Waals surface area (Å²) in [5, 5.41) is 15.7. The van der Waals surface area contributed by atoms with Crippen molar-refractivity contribution in [3.8, 4) is 0 Å². The summed E-state index contributed by atoms with van der Waals surface area (Å²) in [6.07, 6.45) is 0.639. The summed E-state index contributed by atoms with van der Waals surface area (Å²) in [6.45, 7) is 1.41. The molecule has 0 spiro atoms. The number of carbonyl (C=O) groups is 1. The number of carbonyl (C=O) groups excluding carboxylic acids is 1. The second kappa shape index (κ2) is 8.79. The molecule has 1 aromatic heterocycles. The van der Waals surface area contributed by atoms with Gasteiger partial charge >= 0.3 is 0 Å². The average Bonchev–Trinajstić information content (AvgIpc) is 2.91. The zero-order valence-corrected chi connectivity index (χ0v) is 13.7. The fourth-order valence-electron chi connectivity index (χ4n) is 1.74. The number of nitrogens with one attached hydrogen (secondary N) is 2. The molecule has 1 heterocycles. The van der Waals surface area contributed by atoms with Crippen LogP contribution >= 0.6 is 22.9 Å². The van der Waals surface area contributed by atoms with E-state index in [0.717, 1.165) is 10.6 Å². The second-order valence-electron chi connectivity index (χ2n) is 4.53. The summed E-state index contributed by atoms with van der Waals surface area (Å²) in [5.41, 5.74) is 1.06. The third-order valence-electron chi connectivity index (χ3n) is 2.73. The van der Waals surface area contributed by atoms with Crippen LogP contribution in [-0.4, -0.2) is 42.9 Å². The molecule has 0 bridgehead atoms. The third-order valence-corrected chi connectivity index (χ3v) is 3.80. The summed E-state index contributed by atoms with van der Waals surface area (Å²) in [7, 11) is 1.62. The molecule has 0 aliphatic rings. The lowest BCUT2D eigenvalue weighted by Gasteiger charge is -2.03. The number of aromatic nitrogens is 2. The number of anilines is 1. The van der Waals surface area contributed by atoms with Crippen LogP contribution in [0.25, 0.3) is 0 Å². The van der Waals surface area contributed by atoms with Gasteiger partial charge in [-0.2, -0.15) is 0 Å². The van der Waals surface area contributed by atoms with E-state index >= 15 is 0 Å². The minimum atomic E-state index is -0.151. The van der Waals surface area contributed by atoms with Gasteiger partial charge in [0.25, 0.3) is 0 Å². The molecule has 2 aromatic rings. The molecule has 1 amide bonds. The molecular formula is C14H17ClN4O2S. The highest BCUT2D eigenvalue weighted by molar-refractivity contribution is 7.15. The Kier molecular flexibility index (Phi) is 6.73. The fourth-order valence-corrected chi connectivity index (χ4v) is 2.74. The number of hydrogen-bond donors (Lipinski definition) is 2. The van der Waals surface area contributed by atoms with E-state index in [1.54, 1.807) is 7.11 Å². The lowest BCUT2D eigenvalue weighted by atomic mass is 10.2. The second-order valence-corrected chi connectivity index (χ2v) is 6.02. The van der Waals surface area contributed by atoms with E-state index in [0.29, 0.717) is 29.7 Å². The molecule has 0 aliphatic carbocycles. The van der Waals surface area contributed by atoms with E-state index in [9.17, 15) is 4.79 Å². The molecule has 118 valence electrons. The Morgan fingerprint density at radius 3 is 3.05 bits per heavy atom. The van der Waals surface area contributed by atoms with Gasteiger partial charge < -0.3 is 10.1 Å². The van der Waals surface area contributed by atoms with Gasteiger partial charge in [-0.25, -0.2) is 0 Å². The first-order valence-corrected chi connectivity index (χ1v) is 7.93. The summed E-state index contributed by atoms with van der Waals surface area (Å²) in [4.78, 5) is 11.7. The van der Waals surface area contributed by atoms with E-state index in [2.05, 4.69) is 20.8 Å². The smallest absolute Gasteiger partial charge is 0.240 e. The van der Waals surface area contributed by atoms with Gasteiger partial charge in [0, 0.05) is 25.1 Å². The van der Waals surface area contributed by atoms with Crippen molar-refractivity contribution in [1.82, 2.24) is 15.5 Å². The normalized spacial score (nSPS) is 10.6. The predicted molar refractivity (Wildman–Crippen MR) is 87.5 cm³/mol. The topological polar surface area (TPSA) is 76.1 Å². The highest BCUT2D eigenvalue weighted by Crippen LogP contribution is 2.20. The summed E-state index contributed by atoms with van der Waals surface area (Å²) in [5.74, 6) is -0.151. The van der Waals surface area contributed by atoms with Crippen molar-refractivity contribution < 1.29 is 9.53 Å². The number of benzene rings is 1. The van der Waals surface area contributed by atoms with Gasteiger partial charge in [-0.3, -0.25) is 10.1 Å². The van der Waals surface area contributed by atoms with Gasteiger partial charge in [0.2, 0.25) is 11.0 Å². The van der Waals surface area contributed by atoms with Crippen LogP contribution in [0.3, 0.4) is 0 Å². The maximum absolute atomic E-state index is 11.7. The molecule has 0 aliphatic heterocycles. The number of nitrogens with zero attached hydrogens (tertiary/aromatic N) is 2. The third kappa shape index (κ3) is 5.69. The number of methoxy groups -OCH3 is 1. The Hall–Kier alpha value is -1.54. The van der Waals surface area contributed by atoms with E-state index < -0.39 is 0 Å². The van der Waals surface area contributed by atoms with Crippen molar-refractivity contribution in [2.24, 2.45) is 0 Å². The van der Waals surface area contributed by atoms with Crippen molar-refractivity contribution in [2.75, 3.05) is 32.1 Å². The number of halogens is 1. The summed E-state index contributed by atoms with van der Waals surface area (Å²) < 4.78 is 4.89. The van der Waals surface area contributed by atoms with E-state index in [4.69, 9.17) is 16.3 Å². The zero-order valence-electron chi connectivity index (χ0n) is 12.1. The molecule has 0 unspecified atom stereocenters. The zero-order chi connectivity index (χ0) is 15.8. The van der Waals surface area contributed by atoms with Crippen LogP contribution in [0.2, 0.25) is 5.02 Å². The Balaban J connectivity index is 1.82. The summed E-state index contributed by atoms with van der Waals surface area (Å²) in [6, 6.07) is 7.59. The first-order valence-electron chi connectivity index (χ1n) is 6.73. The van der Waals surface area contributed by atoms with Crippen LogP contribution in [0.5, 0.6) is 0 Å². The van der Waals surface area contributed by atoms with Crippen LogP contribution in [0.15, 0.2) is 24.3 Å². The minimum absolute atomic E-state index is 0.151. The molecule has 0 fully saturated rings. The minimum Gasteiger partial charge on any atom is -0.383 e.